The number of rotatable bonds is 3. The maximum absolute atomic E-state index is 12.4. The second-order valence-electron chi connectivity index (χ2n) is 4.54. The lowest BCUT2D eigenvalue weighted by Gasteiger charge is -2.29. The van der Waals surface area contributed by atoms with Crippen LogP contribution < -0.4 is 5.73 Å². The number of nitrogens with zero attached hydrogens (tertiary/aromatic N) is 2. The average Bonchev–Trinajstić information content (AvgIpc) is 2.77. The summed E-state index contributed by atoms with van der Waals surface area (Å²) in [6, 6.07) is 0. The van der Waals surface area contributed by atoms with Gasteiger partial charge in [-0.3, -0.25) is 5.10 Å². The van der Waals surface area contributed by atoms with Crippen LogP contribution in [0.25, 0.3) is 0 Å². The molecule has 0 saturated carbocycles. The van der Waals surface area contributed by atoms with Gasteiger partial charge in [-0.1, -0.05) is 6.92 Å². The zero-order valence-electron chi connectivity index (χ0n) is 9.89. The SMILES string of the molecule is CC1CCCN(S(=O)(=O)c2[nH]ncc2CN)C1. The minimum Gasteiger partial charge on any atom is -0.326 e. The van der Waals surface area contributed by atoms with Crippen LogP contribution in [-0.2, 0) is 16.6 Å². The third-order valence-corrected chi connectivity index (χ3v) is 5.00. The molecule has 96 valence electrons. The van der Waals surface area contributed by atoms with Gasteiger partial charge in [0.1, 0.15) is 0 Å². The summed E-state index contributed by atoms with van der Waals surface area (Å²) in [6.45, 7) is 3.40. The fraction of sp³-hybridized carbons (Fsp3) is 0.700. The standard InChI is InChI=1S/C10H18N4O2S/c1-8-3-2-4-14(7-8)17(15,16)10-9(5-11)6-12-13-10/h6,8H,2-5,7,11H2,1H3,(H,12,13). The van der Waals surface area contributed by atoms with E-state index in [1.165, 1.54) is 10.5 Å². The predicted molar refractivity (Wildman–Crippen MR) is 63.6 cm³/mol. The number of aromatic nitrogens is 2. The number of hydrogen-bond acceptors (Lipinski definition) is 4. The molecule has 0 amide bonds. The van der Waals surface area contributed by atoms with Gasteiger partial charge in [-0.05, 0) is 18.8 Å². The van der Waals surface area contributed by atoms with E-state index in [1.807, 2.05) is 0 Å². The van der Waals surface area contributed by atoms with Crippen molar-refractivity contribution in [2.75, 3.05) is 13.1 Å². The molecule has 0 spiro atoms. The Labute approximate surface area is 101 Å². The molecule has 2 rings (SSSR count). The number of sulfonamides is 1. The normalized spacial score (nSPS) is 22.8. The maximum atomic E-state index is 12.4. The van der Waals surface area contributed by atoms with Gasteiger partial charge >= 0.3 is 0 Å². The van der Waals surface area contributed by atoms with Crippen LogP contribution in [0, 0.1) is 5.92 Å². The molecule has 1 aliphatic heterocycles. The van der Waals surface area contributed by atoms with Crippen molar-refractivity contribution in [1.29, 1.82) is 0 Å². The van der Waals surface area contributed by atoms with Crippen LogP contribution in [0.5, 0.6) is 0 Å². The summed E-state index contributed by atoms with van der Waals surface area (Å²) >= 11 is 0. The first-order valence-corrected chi connectivity index (χ1v) is 7.22. The van der Waals surface area contributed by atoms with Gasteiger partial charge in [0.2, 0.25) is 0 Å². The fourth-order valence-corrected chi connectivity index (χ4v) is 3.88. The number of piperidine rings is 1. The Morgan fingerprint density at radius 2 is 2.41 bits per heavy atom. The summed E-state index contributed by atoms with van der Waals surface area (Å²) in [5.41, 5.74) is 6.05. The minimum absolute atomic E-state index is 0.147. The number of nitrogens with one attached hydrogen (secondary N) is 1. The first kappa shape index (κ1) is 12.5. The maximum Gasteiger partial charge on any atom is 0.260 e. The number of nitrogens with two attached hydrogens (primary N) is 1. The first-order chi connectivity index (χ1) is 8.05. The van der Waals surface area contributed by atoms with Crippen LogP contribution in [0.4, 0.5) is 0 Å². The second-order valence-corrected chi connectivity index (χ2v) is 6.41. The smallest absolute Gasteiger partial charge is 0.260 e. The van der Waals surface area contributed by atoms with Gasteiger partial charge in [-0.25, -0.2) is 8.42 Å². The first-order valence-electron chi connectivity index (χ1n) is 5.78. The summed E-state index contributed by atoms with van der Waals surface area (Å²) in [7, 11) is -3.46. The van der Waals surface area contributed by atoms with E-state index in [1.54, 1.807) is 0 Å². The Balaban J connectivity index is 2.30. The molecule has 3 N–H and O–H groups in total. The van der Waals surface area contributed by atoms with Gasteiger partial charge in [0.05, 0.1) is 6.20 Å². The van der Waals surface area contributed by atoms with Gasteiger partial charge < -0.3 is 5.73 Å². The molecular weight excluding hydrogens is 240 g/mol. The van der Waals surface area contributed by atoms with E-state index in [0.717, 1.165) is 12.8 Å². The Morgan fingerprint density at radius 1 is 1.65 bits per heavy atom. The van der Waals surface area contributed by atoms with Gasteiger partial charge in [-0.2, -0.15) is 9.40 Å². The number of hydrogen-bond donors (Lipinski definition) is 2. The average molecular weight is 258 g/mol. The van der Waals surface area contributed by atoms with E-state index in [2.05, 4.69) is 17.1 Å². The molecule has 6 nitrogen and oxygen atoms in total. The van der Waals surface area contributed by atoms with Crippen LogP contribution in [0.1, 0.15) is 25.3 Å². The van der Waals surface area contributed by atoms with E-state index in [0.29, 0.717) is 24.6 Å². The third kappa shape index (κ3) is 2.36. The minimum atomic E-state index is -3.46. The topological polar surface area (TPSA) is 92.1 Å². The lowest BCUT2D eigenvalue weighted by Crippen LogP contribution is -2.39. The predicted octanol–water partition coefficient (Wildman–Crippen LogP) is 0.289. The monoisotopic (exact) mass is 258 g/mol. The molecule has 7 heteroatoms. The van der Waals surface area contributed by atoms with Crippen LogP contribution in [0.3, 0.4) is 0 Å². The van der Waals surface area contributed by atoms with Crippen molar-refractivity contribution in [2.45, 2.75) is 31.3 Å². The van der Waals surface area contributed by atoms with Crippen molar-refractivity contribution in [3.63, 3.8) is 0 Å². The van der Waals surface area contributed by atoms with Crippen LogP contribution in [-0.4, -0.2) is 36.0 Å². The summed E-state index contributed by atoms with van der Waals surface area (Å²) in [5.74, 6) is 0.405. The van der Waals surface area contributed by atoms with E-state index < -0.39 is 10.0 Å². The Bertz CT molecular complexity index is 482. The van der Waals surface area contributed by atoms with Crippen molar-refractivity contribution in [1.82, 2.24) is 14.5 Å². The molecule has 2 heterocycles. The lowest BCUT2D eigenvalue weighted by atomic mass is 10.0. The van der Waals surface area contributed by atoms with Gasteiger partial charge in [-0.15, -0.1) is 0 Å². The van der Waals surface area contributed by atoms with Crippen LogP contribution >= 0.6 is 0 Å². The van der Waals surface area contributed by atoms with Crippen molar-refractivity contribution in [3.8, 4) is 0 Å². The summed E-state index contributed by atoms with van der Waals surface area (Å²) < 4.78 is 26.3. The van der Waals surface area contributed by atoms with Crippen molar-refractivity contribution < 1.29 is 8.42 Å². The van der Waals surface area contributed by atoms with Gasteiger partial charge in [0.15, 0.2) is 5.03 Å². The molecule has 17 heavy (non-hydrogen) atoms. The molecule has 1 aromatic heterocycles. The highest BCUT2D eigenvalue weighted by Crippen LogP contribution is 2.23. The van der Waals surface area contributed by atoms with Crippen molar-refractivity contribution in [3.05, 3.63) is 11.8 Å². The molecule has 1 unspecified atom stereocenters. The molecule has 1 aliphatic rings. The van der Waals surface area contributed by atoms with Crippen LogP contribution in [0.15, 0.2) is 11.2 Å². The zero-order valence-corrected chi connectivity index (χ0v) is 10.7. The number of H-pyrrole nitrogens is 1. The highest BCUT2D eigenvalue weighted by Gasteiger charge is 2.31. The molecule has 1 atom stereocenters. The molecule has 1 saturated heterocycles. The molecule has 1 aromatic rings. The third-order valence-electron chi connectivity index (χ3n) is 3.12. The highest BCUT2D eigenvalue weighted by atomic mass is 32.2. The molecule has 1 fully saturated rings. The Hall–Kier alpha value is -0.920. The number of aromatic amines is 1. The summed E-state index contributed by atoms with van der Waals surface area (Å²) in [4.78, 5) is 0. The molecule has 0 aliphatic carbocycles. The van der Waals surface area contributed by atoms with Gasteiger partial charge in [0.25, 0.3) is 10.0 Å². The van der Waals surface area contributed by atoms with Crippen LogP contribution in [0.2, 0.25) is 0 Å². The van der Waals surface area contributed by atoms with E-state index in [4.69, 9.17) is 5.73 Å². The fourth-order valence-electron chi connectivity index (χ4n) is 2.16. The van der Waals surface area contributed by atoms with E-state index in [9.17, 15) is 8.42 Å². The molecule has 0 bridgehead atoms. The quantitative estimate of drug-likeness (QED) is 0.815. The van der Waals surface area contributed by atoms with Gasteiger partial charge in [0, 0.05) is 25.2 Å². The van der Waals surface area contributed by atoms with E-state index in [-0.39, 0.29) is 11.6 Å². The second kappa shape index (κ2) is 4.75. The lowest BCUT2D eigenvalue weighted by molar-refractivity contribution is 0.280. The summed E-state index contributed by atoms with van der Waals surface area (Å²) in [6.07, 6.45) is 3.46. The Morgan fingerprint density at radius 3 is 3.06 bits per heavy atom. The highest BCUT2D eigenvalue weighted by molar-refractivity contribution is 7.89. The molecular formula is C10H18N4O2S. The van der Waals surface area contributed by atoms with Crippen molar-refractivity contribution in [2.24, 2.45) is 11.7 Å². The largest absolute Gasteiger partial charge is 0.326 e. The Kier molecular flexibility index (Phi) is 3.50. The van der Waals surface area contributed by atoms with Crippen molar-refractivity contribution >= 4 is 10.0 Å². The summed E-state index contributed by atoms with van der Waals surface area (Å²) in [5, 5.41) is 6.46. The molecule has 0 aromatic carbocycles. The zero-order chi connectivity index (χ0) is 12.5. The molecule has 0 radical (unpaired) electrons. The van der Waals surface area contributed by atoms with E-state index >= 15 is 0 Å².